The van der Waals surface area contributed by atoms with Crippen LogP contribution in [-0.2, 0) is 6.54 Å². The number of hydrogen-bond donors (Lipinski definition) is 2. The van der Waals surface area contributed by atoms with Gasteiger partial charge in [0.1, 0.15) is 11.9 Å². The molecule has 0 spiro atoms. The lowest BCUT2D eigenvalue weighted by Crippen LogP contribution is -2.22. The fourth-order valence-electron chi connectivity index (χ4n) is 2.36. The summed E-state index contributed by atoms with van der Waals surface area (Å²) < 4.78 is 5.37. The number of thiophene rings is 2. The van der Waals surface area contributed by atoms with E-state index in [4.69, 9.17) is 4.74 Å². The van der Waals surface area contributed by atoms with Gasteiger partial charge in [-0.25, -0.2) is 0 Å². The molecule has 0 saturated carbocycles. The van der Waals surface area contributed by atoms with Gasteiger partial charge in [-0.15, -0.1) is 22.7 Å². The van der Waals surface area contributed by atoms with Crippen molar-refractivity contribution >= 4 is 28.6 Å². The summed E-state index contributed by atoms with van der Waals surface area (Å²) in [6, 6.07) is 14.8. The van der Waals surface area contributed by atoms with E-state index in [0.29, 0.717) is 18.7 Å². The summed E-state index contributed by atoms with van der Waals surface area (Å²) in [4.78, 5) is 15.0. The first-order valence-corrected chi connectivity index (χ1v) is 9.68. The molecule has 1 atom stereocenters. The average Bonchev–Trinajstić information content (AvgIpc) is 3.32. The van der Waals surface area contributed by atoms with E-state index in [2.05, 4.69) is 5.32 Å². The molecule has 3 aromatic rings. The molecular weight excluding hydrogens is 354 g/mol. The summed E-state index contributed by atoms with van der Waals surface area (Å²) in [7, 11) is 0. The van der Waals surface area contributed by atoms with Crippen LogP contribution in [0.5, 0.6) is 5.75 Å². The number of benzene rings is 1. The van der Waals surface area contributed by atoms with E-state index < -0.39 is 6.10 Å². The number of ether oxygens (including phenoxy) is 1. The Balaban J connectivity index is 1.57. The number of nitrogens with one attached hydrogen (secondary N) is 1. The van der Waals surface area contributed by atoms with Gasteiger partial charge in [0, 0.05) is 20.2 Å². The third kappa shape index (κ3) is 4.48. The average molecular weight is 373 g/mol. The van der Waals surface area contributed by atoms with Crippen molar-refractivity contribution in [1.82, 2.24) is 5.32 Å². The zero-order valence-electron chi connectivity index (χ0n) is 13.8. The number of carbonyl (C=O) groups is 1. The Bertz CT molecular complexity index is 810. The van der Waals surface area contributed by atoms with Gasteiger partial charge in [-0.05, 0) is 54.8 Å². The maximum atomic E-state index is 12.2. The lowest BCUT2D eigenvalue weighted by Gasteiger charge is -2.06. The Hall–Kier alpha value is -2.15. The van der Waals surface area contributed by atoms with Gasteiger partial charge in [0.05, 0.1) is 13.2 Å². The van der Waals surface area contributed by atoms with Crippen LogP contribution in [0.15, 0.2) is 53.9 Å². The predicted octanol–water partition coefficient (Wildman–Crippen LogP) is 4.22. The van der Waals surface area contributed by atoms with E-state index in [0.717, 1.165) is 20.4 Å². The molecule has 0 aliphatic rings. The molecule has 2 aromatic heterocycles. The maximum Gasteiger partial charge on any atom is 0.251 e. The molecule has 2 heterocycles. The summed E-state index contributed by atoms with van der Waals surface area (Å²) in [6.45, 7) is 2.96. The van der Waals surface area contributed by atoms with E-state index in [9.17, 15) is 9.90 Å². The molecule has 0 fully saturated rings. The minimum Gasteiger partial charge on any atom is -0.494 e. The summed E-state index contributed by atoms with van der Waals surface area (Å²) >= 11 is 3.04. The summed E-state index contributed by atoms with van der Waals surface area (Å²) in [5, 5.41) is 15.2. The first kappa shape index (κ1) is 17.7. The Morgan fingerprint density at radius 3 is 2.64 bits per heavy atom. The van der Waals surface area contributed by atoms with Crippen LogP contribution in [0, 0.1) is 0 Å². The third-order valence-corrected chi connectivity index (χ3v) is 5.68. The van der Waals surface area contributed by atoms with E-state index in [1.54, 1.807) is 24.3 Å². The minimum atomic E-state index is -0.597. The molecule has 4 nitrogen and oxygen atoms in total. The van der Waals surface area contributed by atoms with Crippen LogP contribution >= 0.6 is 22.7 Å². The SMILES string of the molecule is CCOc1ccc(C(=O)NCc2ccc(C(O)c3cccs3)s2)cc1. The van der Waals surface area contributed by atoms with Crippen molar-refractivity contribution in [2.24, 2.45) is 0 Å². The molecular formula is C19H19NO3S2. The molecule has 1 unspecified atom stereocenters. The Kier molecular flexibility index (Phi) is 5.86. The van der Waals surface area contributed by atoms with Gasteiger partial charge in [-0.1, -0.05) is 6.07 Å². The number of aliphatic hydroxyl groups is 1. The lowest BCUT2D eigenvalue weighted by molar-refractivity contribution is 0.0951. The molecule has 1 amide bonds. The van der Waals surface area contributed by atoms with Crippen molar-refractivity contribution < 1.29 is 14.6 Å². The number of amides is 1. The molecule has 0 radical (unpaired) electrons. The first-order valence-electron chi connectivity index (χ1n) is 7.98. The fraction of sp³-hybridized carbons (Fsp3) is 0.211. The predicted molar refractivity (Wildman–Crippen MR) is 101 cm³/mol. The van der Waals surface area contributed by atoms with Gasteiger partial charge < -0.3 is 15.2 Å². The molecule has 2 N–H and O–H groups in total. The van der Waals surface area contributed by atoms with Crippen LogP contribution in [-0.4, -0.2) is 17.6 Å². The molecule has 130 valence electrons. The van der Waals surface area contributed by atoms with Crippen molar-refractivity contribution in [3.63, 3.8) is 0 Å². The number of carbonyl (C=O) groups excluding carboxylic acids is 1. The second-order valence-electron chi connectivity index (χ2n) is 5.36. The highest BCUT2D eigenvalue weighted by Gasteiger charge is 2.14. The molecule has 1 aromatic carbocycles. The van der Waals surface area contributed by atoms with Gasteiger partial charge in [-0.2, -0.15) is 0 Å². The number of rotatable bonds is 7. The van der Waals surface area contributed by atoms with Gasteiger partial charge >= 0.3 is 0 Å². The summed E-state index contributed by atoms with van der Waals surface area (Å²) in [5.41, 5.74) is 0.596. The largest absolute Gasteiger partial charge is 0.494 e. The second-order valence-corrected chi connectivity index (χ2v) is 7.54. The van der Waals surface area contributed by atoms with Gasteiger partial charge in [-0.3, -0.25) is 4.79 Å². The van der Waals surface area contributed by atoms with Crippen molar-refractivity contribution in [3.05, 3.63) is 74.1 Å². The monoisotopic (exact) mass is 373 g/mol. The second kappa shape index (κ2) is 8.29. The van der Waals surface area contributed by atoms with E-state index in [1.165, 1.54) is 22.7 Å². The molecule has 0 aliphatic carbocycles. The smallest absolute Gasteiger partial charge is 0.251 e. The van der Waals surface area contributed by atoms with Crippen LogP contribution in [0.2, 0.25) is 0 Å². The quantitative estimate of drug-likeness (QED) is 0.652. The zero-order chi connectivity index (χ0) is 17.6. The highest BCUT2D eigenvalue weighted by atomic mass is 32.1. The van der Waals surface area contributed by atoms with Crippen LogP contribution in [0.4, 0.5) is 0 Å². The third-order valence-electron chi connectivity index (χ3n) is 3.62. The summed E-state index contributed by atoms with van der Waals surface area (Å²) in [6.07, 6.45) is -0.597. The van der Waals surface area contributed by atoms with Crippen molar-refractivity contribution in [1.29, 1.82) is 0 Å². The Morgan fingerprint density at radius 2 is 1.96 bits per heavy atom. The number of aliphatic hydroxyl groups excluding tert-OH is 1. The van der Waals surface area contributed by atoms with E-state index in [1.807, 2.05) is 36.6 Å². The summed E-state index contributed by atoms with van der Waals surface area (Å²) in [5.74, 6) is 0.626. The standard InChI is InChI=1S/C19H19NO3S2/c1-2-23-14-7-5-13(6-8-14)19(22)20-12-15-9-10-17(25-15)18(21)16-4-3-11-24-16/h3-11,18,21H,2,12H2,1H3,(H,20,22). The molecule has 25 heavy (non-hydrogen) atoms. The van der Waals surface area contributed by atoms with Crippen molar-refractivity contribution in [2.75, 3.05) is 6.61 Å². The molecule has 0 saturated heterocycles. The van der Waals surface area contributed by atoms with Crippen molar-refractivity contribution in [2.45, 2.75) is 19.6 Å². The zero-order valence-corrected chi connectivity index (χ0v) is 15.4. The van der Waals surface area contributed by atoms with E-state index >= 15 is 0 Å². The lowest BCUT2D eigenvalue weighted by atomic mass is 10.2. The highest BCUT2D eigenvalue weighted by Crippen LogP contribution is 2.30. The van der Waals surface area contributed by atoms with Crippen LogP contribution < -0.4 is 10.1 Å². The van der Waals surface area contributed by atoms with Crippen molar-refractivity contribution in [3.8, 4) is 5.75 Å². The first-order chi connectivity index (χ1) is 12.2. The van der Waals surface area contributed by atoms with Crippen LogP contribution in [0.3, 0.4) is 0 Å². The van der Waals surface area contributed by atoms with Gasteiger partial charge in [0.15, 0.2) is 0 Å². The highest BCUT2D eigenvalue weighted by molar-refractivity contribution is 7.12. The topological polar surface area (TPSA) is 58.6 Å². The maximum absolute atomic E-state index is 12.2. The molecule has 0 bridgehead atoms. The number of hydrogen-bond acceptors (Lipinski definition) is 5. The normalized spacial score (nSPS) is 11.9. The van der Waals surface area contributed by atoms with E-state index in [-0.39, 0.29) is 5.91 Å². The Labute approximate surface area is 154 Å². The van der Waals surface area contributed by atoms with Gasteiger partial charge in [0.25, 0.3) is 5.91 Å². The Morgan fingerprint density at radius 1 is 1.16 bits per heavy atom. The minimum absolute atomic E-state index is 0.128. The fourth-order valence-corrected chi connectivity index (χ4v) is 4.12. The molecule has 3 rings (SSSR count). The van der Waals surface area contributed by atoms with Crippen LogP contribution in [0.1, 0.15) is 38.0 Å². The van der Waals surface area contributed by atoms with Gasteiger partial charge in [0.2, 0.25) is 0 Å². The molecule has 0 aliphatic heterocycles. The van der Waals surface area contributed by atoms with Crippen LogP contribution in [0.25, 0.3) is 0 Å². The molecule has 6 heteroatoms.